The smallest absolute Gasteiger partial charge is 0.237 e. The third kappa shape index (κ3) is 4.89. The third-order valence-electron chi connectivity index (χ3n) is 4.61. The number of rotatable bonds is 7. The molecule has 1 unspecified atom stereocenters. The third-order valence-corrected chi connectivity index (χ3v) is 6.42. The lowest BCUT2D eigenvalue weighted by molar-refractivity contribution is -0.126. The first-order chi connectivity index (χ1) is 11.7. The molecule has 0 aromatic carbocycles. The van der Waals surface area contributed by atoms with E-state index in [-0.39, 0.29) is 11.9 Å². The van der Waals surface area contributed by atoms with Crippen LogP contribution in [0.3, 0.4) is 0 Å². The highest BCUT2D eigenvalue weighted by Gasteiger charge is 2.25. The Morgan fingerprint density at radius 2 is 1.79 bits per heavy atom. The fourth-order valence-electron chi connectivity index (χ4n) is 3.00. The van der Waals surface area contributed by atoms with Gasteiger partial charge < -0.3 is 10.2 Å². The SMILES string of the molecule is CC(C(=O)NCc1cccs1)N1CCN(CCc2cccs2)CC1. The number of piperazine rings is 1. The van der Waals surface area contributed by atoms with Crippen molar-refractivity contribution in [1.82, 2.24) is 15.1 Å². The van der Waals surface area contributed by atoms with Gasteiger partial charge in [0.25, 0.3) is 0 Å². The molecule has 4 nitrogen and oxygen atoms in total. The van der Waals surface area contributed by atoms with Crippen molar-refractivity contribution >= 4 is 28.6 Å². The van der Waals surface area contributed by atoms with Gasteiger partial charge in [0, 0.05) is 42.5 Å². The molecule has 2 aromatic rings. The van der Waals surface area contributed by atoms with Crippen LogP contribution in [0.1, 0.15) is 16.7 Å². The fraction of sp³-hybridized carbons (Fsp3) is 0.500. The predicted octanol–water partition coefficient (Wildman–Crippen LogP) is 2.67. The van der Waals surface area contributed by atoms with Gasteiger partial charge in [-0.05, 0) is 36.2 Å². The van der Waals surface area contributed by atoms with Gasteiger partial charge in [0.15, 0.2) is 0 Å². The Labute approximate surface area is 152 Å². The minimum Gasteiger partial charge on any atom is -0.350 e. The van der Waals surface area contributed by atoms with E-state index in [4.69, 9.17) is 0 Å². The van der Waals surface area contributed by atoms with E-state index >= 15 is 0 Å². The van der Waals surface area contributed by atoms with Gasteiger partial charge in [0.1, 0.15) is 0 Å². The largest absolute Gasteiger partial charge is 0.350 e. The van der Waals surface area contributed by atoms with E-state index in [2.05, 4.69) is 38.7 Å². The summed E-state index contributed by atoms with van der Waals surface area (Å²) in [6.07, 6.45) is 1.13. The van der Waals surface area contributed by atoms with E-state index in [1.54, 1.807) is 11.3 Å². The van der Waals surface area contributed by atoms with Crippen molar-refractivity contribution in [2.24, 2.45) is 0 Å². The van der Waals surface area contributed by atoms with Crippen LogP contribution in [0.2, 0.25) is 0 Å². The number of nitrogens with one attached hydrogen (secondary N) is 1. The lowest BCUT2D eigenvalue weighted by Crippen LogP contribution is -2.53. The van der Waals surface area contributed by atoms with Crippen LogP contribution in [-0.4, -0.2) is 54.5 Å². The Bertz CT molecular complexity index is 604. The predicted molar refractivity (Wildman–Crippen MR) is 102 cm³/mol. The number of hydrogen-bond donors (Lipinski definition) is 1. The molecule has 2 aromatic heterocycles. The van der Waals surface area contributed by atoms with Crippen LogP contribution in [0.4, 0.5) is 0 Å². The Balaban J connectivity index is 1.37. The van der Waals surface area contributed by atoms with Crippen LogP contribution in [0.5, 0.6) is 0 Å². The van der Waals surface area contributed by atoms with Gasteiger partial charge in [0.05, 0.1) is 12.6 Å². The molecule has 0 spiro atoms. The molecule has 3 heterocycles. The highest BCUT2D eigenvalue weighted by Crippen LogP contribution is 2.12. The maximum atomic E-state index is 12.3. The Morgan fingerprint density at radius 3 is 2.42 bits per heavy atom. The molecule has 3 rings (SSSR count). The molecule has 1 aliphatic rings. The van der Waals surface area contributed by atoms with Crippen LogP contribution in [0.15, 0.2) is 35.0 Å². The molecule has 0 saturated carbocycles. The molecular weight excluding hydrogens is 338 g/mol. The second kappa shape index (κ2) is 8.76. The van der Waals surface area contributed by atoms with Crippen molar-refractivity contribution in [3.05, 3.63) is 44.8 Å². The summed E-state index contributed by atoms with van der Waals surface area (Å²) in [6, 6.07) is 8.35. The molecule has 1 amide bonds. The van der Waals surface area contributed by atoms with E-state index in [1.165, 1.54) is 9.75 Å². The summed E-state index contributed by atoms with van der Waals surface area (Å²) in [5, 5.41) is 7.24. The van der Waals surface area contributed by atoms with Crippen molar-refractivity contribution in [3.8, 4) is 0 Å². The van der Waals surface area contributed by atoms with Gasteiger partial charge >= 0.3 is 0 Å². The van der Waals surface area contributed by atoms with E-state index in [0.29, 0.717) is 6.54 Å². The topological polar surface area (TPSA) is 35.6 Å². The van der Waals surface area contributed by atoms with Crippen molar-refractivity contribution < 1.29 is 4.79 Å². The molecule has 24 heavy (non-hydrogen) atoms. The lowest BCUT2D eigenvalue weighted by atomic mass is 10.2. The van der Waals surface area contributed by atoms with Crippen molar-refractivity contribution in [1.29, 1.82) is 0 Å². The molecular formula is C18H25N3OS2. The number of thiophene rings is 2. The number of amides is 1. The molecule has 0 bridgehead atoms. The lowest BCUT2D eigenvalue weighted by Gasteiger charge is -2.37. The molecule has 1 N–H and O–H groups in total. The molecule has 1 fully saturated rings. The van der Waals surface area contributed by atoms with E-state index < -0.39 is 0 Å². The number of hydrogen-bond acceptors (Lipinski definition) is 5. The molecule has 1 atom stereocenters. The van der Waals surface area contributed by atoms with Gasteiger partial charge in [-0.3, -0.25) is 9.69 Å². The summed E-state index contributed by atoms with van der Waals surface area (Å²) in [4.78, 5) is 19.8. The molecule has 0 radical (unpaired) electrons. The van der Waals surface area contributed by atoms with Crippen LogP contribution < -0.4 is 5.32 Å². The average molecular weight is 364 g/mol. The van der Waals surface area contributed by atoms with E-state index in [9.17, 15) is 4.79 Å². The maximum absolute atomic E-state index is 12.3. The summed E-state index contributed by atoms with van der Waals surface area (Å²) in [5.74, 6) is 0.135. The first-order valence-electron chi connectivity index (χ1n) is 8.51. The zero-order valence-corrected chi connectivity index (χ0v) is 15.7. The van der Waals surface area contributed by atoms with Crippen molar-refractivity contribution in [2.75, 3.05) is 32.7 Å². The van der Waals surface area contributed by atoms with Crippen LogP contribution in [0.25, 0.3) is 0 Å². The van der Waals surface area contributed by atoms with E-state index in [0.717, 1.165) is 39.1 Å². The second-order valence-electron chi connectivity index (χ2n) is 6.18. The maximum Gasteiger partial charge on any atom is 0.237 e. The highest BCUT2D eigenvalue weighted by molar-refractivity contribution is 7.10. The Morgan fingerprint density at radius 1 is 1.12 bits per heavy atom. The van der Waals surface area contributed by atoms with Gasteiger partial charge in [-0.2, -0.15) is 0 Å². The molecule has 1 aliphatic heterocycles. The van der Waals surface area contributed by atoms with Gasteiger partial charge in [-0.15, -0.1) is 22.7 Å². The monoisotopic (exact) mass is 363 g/mol. The number of carbonyl (C=O) groups is 1. The normalized spacial score (nSPS) is 17.7. The van der Waals surface area contributed by atoms with Crippen LogP contribution in [-0.2, 0) is 17.8 Å². The van der Waals surface area contributed by atoms with Gasteiger partial charge in [-0.25, -0.2) is 0 Å². The first-order valence-corrected chi connectivity index (χ1v) is 10.3. The number of carbonyl (C=O) groups excluding carboxylic acids is 1. The highest BCUT2D eigenvalue weighted by atomic mass is 32.1. The van der Waals surface area contributed by atoms with Crippen molar-refractivity contribution in [3.63, 3.8) is 0 Å². The fourth-order valence-corrected chi connectivity index (χ4v) is 4.34. The van der Waals surface area contributed by atoms with Gasteiger partial charge in [0.2, 0.25) is 5.91 Å². The standard InChI is InChI=1S/C18H25N3OS2/c1-15(18(22)19-14-17-5-3-13-24-17)21-10-8-20(9-11-21)7-6-16-4-2-12-23-16/h2-5,12-13,15H,6-11,14H2,1H3,(H,19,22). The van der Waals surface area contributed by atoms with E-state index in [1.807, 2.05) is 29.7 Å². The molecule has 1 saturated heterocycles. The molecule has 130 valence electrons. The molecule has 0 aliphatic carbocycles. The van der Waals surface area contributed by atoms with Crippen LogP contribution >= 0.6 is 22.7 Å². The summed E-state index contributed by atoms with van der Waals surface area (Å²) < 4.78 is 0. The summed E-state index contributed by atoms with van der Waals surface area (Å²) >= 11 is 3.52. The minimum atomic E-state index is -0.0515. The minimum absolute atomic E-state index is 0.0515. The summed E-state index contributed by atoms with van der Waals surface area (Å²) in [7, 11) is 0. The average Bonchev–Trinajstić information content (AvgIpc) is 3.31. The van der Waals surface area contributed by atoms with Gasteiger partial charge in [-0.1, -0.05) is 12.1 Å². The Hall–Kier alpha value is -1.21. The summed E-state index contributed by atoms with van der Waals surface area (Å²) in [6.45, 7) is 7.82. The zero-order chi connectivity index (χ0) is 16.8. The Kier molecular flexibility index (Phi) is 6.43. The first kappa shape index (κ1) is 17.6. The zero-order valence-electron chi connectivity index (χ0n) is 14.1. The van der Waals surface area contributed by atoms with Crippen LogP contribution in [0, 0.1) is 0 Å². The second-order valence-corrected chi connectivity index (χ2v) is 8.24. The quantitative estimate of drug-likeness (QED) is 0.821. The number of nitrogens with zero attached hydrogens (tertiary/aromatic N) is 2. The van der Waals surface area contributed by atoms with Crippen molar-refractivity contribution in [2.45, 2.75) is 25.9 Å². The summed E-state index contributed by atoms with van der Waals surface area (Å²) in [5.41, 5.74) is 0. The molecule has 6 heteroatoms.